The van der Waals surface area contributed by atoms with Gasteiger partial charge in [-0.1, -0.05) is 6.07 Å². The second kappa shape index (κ2) is 8.24. The molecule has 0 unspecified atom stereocenters. The van der Waals surface area contributed by atoms with Crippen LogP contribution < -0.4 is 5.32 Å². The Hall–Kier alpha value is -2.57. The number of hydrogen-bond acceptors (Lipinski definition) is 2. The minimum absolute atomic E-state index is 0.151. The highest BCUT2D eigenvalue weighted by Crippen LogP contribution is 2.63. The van der Waals surface area contributed by atoms with Crippen LogP contribution in [0.3, 0.4) is 0 Å². The lowest BCUT2D eigenvalue weighted by Gasteiger charge is -2.42. The van der Waals surface area contributed by atoms with Crippen molar-refractivity contribution in [2.24, 2.45) is 0 Å². The van der Waals surface area contributed by atoms with Crippen molar-refractivity contribution in [3.63, 3.8) is 0 Å². The van der Waals surface area contributed by atoms with Crippen LogP contribution in [0.2, 0.25) is 0 Å². The largest absolute Gasteiger partial charge is 0.460 e. The highest BCUT2D eigenvalue weighted by atomic mass is 19.4. The maximum absolute atomic E-state index is 13.8. The van der Waals surface area contributed by atoms with Gasteiger partial charge in [-0.25, -0.2) is 4.98 Å². The van der Waals surface area contributed by atoms with Gasteiger partial charge in [0.2, 0.25) is 0 Å². The Kier molecular flexibility index (Phi) is 7.17. The number of amides is 1. The third kappa shape index (κ3) is 4.21. The summed E-state index contributed by atoms with van der Waals surface area (Å²) in [5.74, 6) is -62.9. The summed E-state index contributed by atoms with van der Waals surface area (Å²) in [6.45, 7) is 1.09. The van der Waals surface area contributed by atoms with Gasteiger partial charge in [-0.3, -0.25) is 4.79 Å². The zero-order valence-corrected chi connectivity index (χ0v) is 16.0. The summed E-state index contributed by atoms with van der Waals surface area (Å²) < 4.78 is 224. The van der Waals surface area contributed by atoms with Gasteiger partial charge in [0.05, 0.1) is 0 Å². The molecule has 0 aliphatic heterocycles. The lowest BCUT2D eigenvalue weighted by Crippen LogP contribution is -2.75. The summed E-state index contributed by atoms with van der Waals surface area (Å²) in [6.07, 6.45) is -7.83. The van der Waals surface area contributed by atoms with E-state index in [0.717, 1.165) is 19.1 Å². The molecular formula is C15H7F17N2O. The molecule has 0 aliphatic rings. The van der Waals surface area contributed by atoms with Crippen LogP contribution in [0, 0.1) is 6.92 Å². The number of nitrogens with zero attached hydrogens (tertiary/aromatic N) is 1. The van der Waals surface area contributed by atoms with E-state index >= 15 is 0 Å². The molecule has 0 radical (unpaired) electrons. The van der Waals surface area contributed by atoms with Gasteiger partial charge in [0.1, 0.15) is 5.82 Å². The summed E-state index contributed by atoms with van der Waals surface area (Å²) in [4.78, 5) is 14.5. The Morgan fingerprint density at radius 2 is 1.00 bits per heavy atom. The Labute approximate surface area is 181 Å². The van der Waals surface area contributed by atoms with Crippen LogP contribution in [0.15, 0.2) is 18.2 Å². The molecule has 202 valence electrons. The first-order chi connectivity index (χ1) is 15.1. The molecule has 0 aliphatic carbocycles. The number of anilines is 1. The van der Waals surface area contributed by atoms with E-state index in [9.17, 15) is 79.4 Å². The number of halogens is 17. The van der Waals surface area contributed by atoms with Crippen LogP contribution in [-0.2, 0) is 4.79 Å². The van der Waals surface area contributed by atoms with Gasteiger partial charge in [0.15, 0.2) is 0 Å². The first-order valence-corrected chi connectivity index (χ1v) is 8.11. The number of carbonyl (C=O) groups excluding carboxylic acids is 1. The number of alkyl halides is 17. The first-order valence-electron chi connectivity index (χ1n) is 8.11. The van der Waals surface area contributed by atoms with Crippen molar-refractivity contribution >= 4 is 11.7 Å². The van der Waals surface area contributed by atoms with Crippen molar-refractivity contribution in [2.75, 3.05) is 5.32 Å². The monoisotopic (exact) mass is 554 g/mol. The van der Waals surface area contributed by atoms with E-state index < -0.39 is 59.4 Å². The molecule has 20 heteroatoms. The van der Waals surface area contributed by atoms with Crippen LogP contribution in [0.25, 0.3) is 0 Å². The number of aromatic nitrogens is 1. The fourth-order valence-corrected chi connectivity index (χ4v) is 2.11. The van der Waals surface area contributed by atoms with Crippen molar-refractivity contribution in [3.05, 3.63) is 23.9 Å². The van der Waals surface area contributed by atoms with Crippen molar-refractivity contribution < 1.29 is 79.4 Å². The Morgan fingerprint density at radius 1 is 0.629 bits per heavy atom. The molecule has 3 nitrogen and oxygen atoms in total. The molecule has 0 fully saturated rings. The highest BCUT2D eigenvalue weighted by molar-refractivity contribution is 5.96. The van der Waals surface area contributed by atoms with Crippen LogP contribution in [0.5, 0.6) is 0 Å². The predicted octanol–water partition coefficient (Wildman–Crippen LogP) is 6.34. The molecule has 1 aromatic heterocycles. The van der Waals surface area contributed by atoms with Gasteiger partial charge in [-0.15, -0.1) is 0 Å². The molecule has 1 aromatic rings. The number of carbonyl (C=O) groups is 1. The summed E-state index contributed by atoms with van der Waals surface area (Å²) in [5, 5.41) is 0.703. The standard InChI is InChI=1S/C15H7F17N2O/c1-5-3-2-4-6(33-5)34-7(35)8(16,17)9(18,19)10(20,21)11(22,23)12(24,25)13(26,27)14(28,29)15(30,31)32/h2-4H,1H3,(H,33,34,35). The lowest BCUT2D eigenvalue weighted by atomic mass is 9.89. The van der Waals surface area contributed by atoms with E-state index in [1.165, 1.54) is 0 Å². The highest BCUT2D eigenvalue weighted by Gasteiger charge is 2.95. The Bertz CT molecular complexity index is 953. The minimum atomic E-state index is -8.75. The van der Waals surface area contributed by atoms with Gasteiger partial charge >= 0.3 is 53.5 Å². The molecule has 0 atom stereocenters. The van der Waals surface area contributed by atoms with Crippen LogP contribution in [0.1, 0.15) is 5.69 Å². The fourth-order valence-electron chi connectivity index (χ4n) is 2.11. The van der Waals surface area contributed by atoms with E-state index in [4.69, 9.17) is 0 Å². The van der Waals surface area contributed by atoms with E-state index in [1.54, 1.807) is 0 Å². The van der Waals surface area contributed by atoms with Gasteiger partial charge in [-0.2, -0.15) is 74.6 Å². The predicted molar refractivity (Wildman–Crippen MR) is 78.3 cm³/mol. The second-order valence-corrected chi connectivity index (χ2v) is 6.64. The number of pyridine rings is 1. The van der Waals surface area contributed by atoms with Gasteiger partial charge in [0.25, 0.3) is 0 Å². The summed E-state index contributed by atoms with van der Waals surface area (Å²) in [5.41, 5.74) is -0.151. The minimum Gasteiger partial charge on any atom is -0.305 e. The zero-order chi connectivity index (χ0) is 28.3. The van der Waals surface area contributed by atoms with E-state index in [1.807, 2.05) is 0 Å². The maximum atomic E-state index is 13.8. The van der Waals surface area contributed by atoms with Crippen LogP contribution >= 0.6 is 0 Å². The van der Waals surface area contributed by atoms with E-state index in [2.05, 4.69) is 4.98 Å². The molecule has 1 heterocycles. The van der Waals surface area contributed by atoms with Crippen LogP contribution in [-0.4, -0.2) is 58.5 Å². The summed E-state index contributed by atoms with van der Waals surface area (Å²) >= 11 is 0. The molecule has 0 spiro atoms. The number of hydrogen-bond donors (Lipinski definition) is 1. The molecule has 0 saturated heterocycles. The fraction of sp³-hybridized carbons (Fsp3) is 0.600. The zero-order valence-electron chi connectivity index (χ0n) is 16.0. The topological polar surface area (TPSA) is 42.0 Å². The Morgan fingerprint density at radius 3 is 1.37 bits per heavy atom. The molecule has 0 saturated carbocycles. The third-order valence-corrected chi connectivity index (χ3v) is 4.14. The molecule has 35 heavy (non-hydrogen) atoms. The number of rotatable bonds is 8. The number of aryl methyl sites for hydroxylation is 1. The van der Waals surface area contributed by atoms with Gasteiger partial charge < -0.3 is 5.32 Å². The third-order valence-electron chi connectivity index (χ3n) is 4.14. The van der Waals surface area contributed by atoms with Crippen molar-refractivity contribution in [1.82, 2.24) is 4.98 Å². The van der Waals surface area contributed by atoms with Crippen molar-refractivity contribution in [1.29, 1.82) is 0 Å². The average Bonchev–Trinajstić information content (AvgIpc) is 2.66. The van der Waals surface area contributed by atoms with E-state index in [0.29, 0.717) is 11.4 Å². The van der Waals surface area contributed by atoms with Crippen LogP contribution in [0.4, 0.5) is 80.5 Å². The van der Waals surface area contributed by atoms with Gasteiger partial charge in [0, 0.05) is 5.69 Å². The summed E-state index contributed by atoms with van der Waals surface area (Å²) in [6, 6.07) is 2.52. The SMILES string of the molecule is Cc1cccc(NC(=O)C(F)(F)C(F)(F)C(F)(F)C(F)(F)C(F)(F)C(F)(F)C(F)(F)C(F)(F)F)n1. The molecule has 0 aromatic carbocycles. The van der Waals surface area contributed by atoms with Crippen molar-refractivity contribution in [3.8, 4) is 0 Å². The quantitative estimate of drug-likeness (QED) is 0.382. The normalized spacial score (nSPS) is 15.3. The van der Waals surface area contributed by atoms with E-state index in [-0.39, 0.29) is 5.69 Å². The lowest BCUT2D eigenvalue weighted by molar-refractivity contribution is -0.459. The summed E-state index contributed by atoms with van der Waals surface area (Å²) in [7, 11) is 0. The smallest absolute Gasteiger partial charge is 0.305 e. The molecular weight excluding hydrogens is 547 g/mol. The number of nitrogens with one attached hydrogen (secondary N) is 1. The molecule has 1 N–H and O–H groups in total. The first kappa shape index (κ1) is 30.5. The Balaban J connectivity index is 3.58. The van der Waals surface area contributed by atoms with Gasteiger partial charge in [-0.05, 0) is 19.1 Å². The average molecular weight is 554 g/mol. The van der Waals surface area contributed by atoms with Crippen molar-refractivity contribution in [2.45, 2.75) is 54.6 Å². The second-order valence-electron chi connectivity index (χ2n) is 6.64. The maximum Gasteiger partial charge on any atom is 0.460 e. The molecule has 1 amide bonds. The molecule has 1 rings (SSSR count). The molecule has 0 bridgehead atoms.